The number of hydrogen-bond donors (Lipinski definition) is 2. The first kappa shape index (κ1) is 13.3. The number of amidine groups is 1. The number of hydrogen-bond acceptors (Lipinski definition) is 2. The minimum absolute atomic E-state index is 0.104. The molecule has 0 spiro atoms. The van der Waals surface area contributed by atoms with E-state index >= 15 is 0 Å². The minimum atomic E-state index is -4.09. The van der Waals surface area contributed by atoms with Crippen molar-refractivity contribution in [2.24, 2.45) is 22.7 Å². The molecular formula is C10H18F3N3. The summed E-state index contributed by atoms with van der Waals surface area (Å²) in [6.07, 6.45) is -2.45. The quantitative estimate of drug-likeness (QED) is 0.335. The second-order valence-corrected chi connectivity index (χ2v) is 4.11. The third-order valence-electron chi connectivity index (χ3n) is 3.00. The summed E-state index contributed by atoms with van der Waals surface area (Å²) in [5, 5.41) is 0. The van der Waals surface area contributed by atoms with Crippen LogP contribution in [0.25, 0.3) is 0 Å². The zero-order valence-corrected chi connectivity index (χ0v) is 9.35. The Kier molecular flexibility index (Phi) is 4.58. The van der Waals surface area contributed by atoms with Crippen molar-refractivity contribution in [2.75, 3.05) is 6.54 Å². The van der Waals surface area contributed by atoms with Gasteiger partial charge < -0.3 is 5.43 Å². The minimum Gasteiger partial charge on any atom is -0.312 e. The Morgan fingerprint density at radius 2 is 2.12 bits per heavy atom. The Balaban J connectivity index is 2.66. The van der Waals surface area contributed by atoms with Gasteiger partial charge in [0.05, 0.1) is 5.92 Å². The zero-order chi connectivity index (χ0) is 12.2. The Bertz CT molecular complexity index is 250. The summed E-state index contributed by atoms with van der Waals surface area (Å²) in [6.45, 7) is 2.37. The van der Waals surface area contributed by atoms with Crippen LogP contribution in [0.1, 0.15) is 32.6 Å². The Labute approximate surface area is 93.3 Å². The van der Waals surface area contributed by atoms with Crippen LogP contribution in [0.2, 0.25) is 0 Å². The maximum absolute atomic E-state index is 12.6. The number of alkyl halides is 3. The highest BCUT2D eigenvalue weighted by Gasteiger charge is 2.42. The van der Waals surface area contributed by atoms with Crippen molar-refractivity contribution in [1.82, 2.24) is 5.43 Å². The molecule has 0 amide bonds. The van der Waals surface area contributed by atoms with Crippen molar-refractivity contribution in [1.29, 1.82) is 0 Å². The molecule has 1 saturated carbocycles. The average molecular weight is 237 g/mol. The van der Waals surface area contributed by atoms with E-state index in [2.05, 4.69) is 10.4 Å². The molecule has 3 nitrogen and oxygen atoms in total. The van der Waals surface area contributed by atoms with Crippen molar-refractivity contribution in [3.8, 4) is 0 Å². The number of aliphatic imine (C=N–C) groups is 1. The molecule has 0 aliphatic heterocycles. The third-order valence-corrected chi connectivity index (χ3v) is 3.00. The number of hydrazine groups is 1. The molecule has 1 aliphatic carbocycles. The first-order valence-electron chi connectivity index (χ1n) is 5.56. The lowest BCUT2D eigenvalue weighted by molar-refractivity contribution is -0.183. The van der Waals surface area contributed by atoms with Crippen LogP contribution in [0.4, 0.5) is 13.2 Å². The van der Waals surface area contributed by atoms with Gasteiger partial charge >= 0.3 is 6.18 Å². The molecule has 0 aromatic carbocycles. The highest BCUT2D eigenvalue weighted by molar-refractivity contribution is 5.84. The molecule has 0 aromatic heterocycles. The maximum atomic E-state index is 12.6. The van der Waals surface area contributed by atoms with E-state index in [1.165, 1.54) is 0 Å². The zero-order valence-electron chi connectivity index (χ0n) is 9.35. The second-order valence-electron chi connectivity index (χ2n) is 4.11. The maximum Gasteiger partial charge on any atom is 0.391 e. The smallest absolute Gasteiger partial charge is 0.312 e. The number of halogens is 3. The first-order valence-corrected chi connectivity index (χ1v) is 5.56. The highest BCUT2D eigenvalue weighted by atomic mass is 19.4. The second kappa shape index (κ2) is 5.52. The largest absolute Gasteiger partial charge is 0.391 e. The number of nitrogens with two attached hydrogens (primary N) is 1. The van der Waals surface area contributed by atoms with Gasteiger partial charge in [0.1, 0.15) is 5.84 Å². The molecule has 1 rings (SSSR count). The SMILES string of the molecule is CCN=C(NN)C1CCCC(C(F)(F)F)C1. The van der Waals surface area contributed by atoms with Gasteiger partial charge in [-0.3, -0.25) is 4.99 Å². The van der Waals surface area contributed by atoms with Crippen molar-refractivity contribution in [3.05, 3.63) is 0 Å². The molecule has 0 bridgehead atoms. The molecule has 1 fully saturated rings. The van der Waals surface area contributed by atoms with Gasteiger partial charge in [0.25, 0.3) is 0 Å². The average Bonchev–Trinajstić information content (AvgIpc) is 2.25. The van der Waals surface area contributed by atoms with Crippen LogP contribution in [0.15, 0.2) is 4.99 Å². The van der Waals surface area contributed by atoms with Gasteiger partial charge in [0, 0.05) is 12.5 Å². The first-order chi connectivity index (χ1) is 7.49. The Morgan fingerprint density at radius 1 is 1.44 bits per heavy atom. The predicted octanol–water partition coefficient (Wildman–Crippen LogP) is 2.24. The highest BCUT2D eigenvalue weighted by Crippen LogP contribution is 2.40. The fourth-order valence-corrected chi connectivity index (χ4v) is 2.20. The normalized spacial score (nSPS) is 27.9. The Hall–Kier alpha value is -0.780. The van der Waals surface area contributed by atoms with E-state index in [1.807, 2.05) is 6.92 Å². The molecule has 0 radical (unpaired) electrons. The molecule has 6 heteroatoms. The van der Waals surface area contributed by atoms with Gasteiger partial charge in [0.2, 0.25) is 0 Å². The van der Waals surface area contributed by atoms with Crippen molar-refractivity contribution >= 4 is 5.84 Å². The van der Waals surface area contributed by atoms with Crippen LogP contribution in [0.3, 0.4) is 0 Å². The van der Waals surface area contributed by atoms with E-state index in [0.717, 1.165) is 6.42 Å². The molecule has 2 atom stereocenters. The molecule has 0 aromatic rings. The van der Waals surface area contributed by atoms with E-state index in [4.69, 9.17) is 5.84 Å². The summed E-state index contributed by atoms with van der Waals surface area (Å²) in [4.78, 5) is 4.10. The lowest BCUT2D eigenvalue weighted by Gasteiger charge is -2.31. The van der Waals surface area contributed by atoms with Crippen molar-refractivity contribution < 1.29 is 13.2 Å². The van der Waals surface area contributed by atoms with E-state index in [9.17, 15) is 13.2 Å². The van der Waals surface area contributed by atoms with Gasteiger partial charge in [-0.25, -0.2) is 5.84 Å². The lowest BCUT2D eigenvalue weighted by atomic mass is 9.80. The summed E-state index contributed by atoms with van der Waals surface area (Å²) in [7, 11) is 0. The summed E-state index contributed by atoms with van der Waals surface area (Å²) >= 11 is 0. The van der Waals surface area contributed by atoms with E-state index in [-0.39, 0.29) is 18.8 Å². The van der Waals surface area contributed by atoms with Crippen molar-refractivity contribution in [2.45, 2.75) is 38.8 Å². The van der Waals surface area contributed by atoms with Gasteiger partial charge in [-0.15, -0.1) is 0 Å². The molecule has 1 aliphatic rings. The van der Waals surface area contributed by atoms with E-state index in [1.54, 1.807) is 0 Å². The van der Waals surface area contributed by atoms with Gasteiger partial charge in [0.15, 0.2) is 0 Å². The van der Waals surface area contributed by atoms with Gasteiger partial charge in [-0.2, -0.15) is 13.2 Å². The topological polar surface area (TPSA) is 50.4 Å². The predicted molar refractivity (Wildman–Crippen MR) is 56.8 cm³/mol. The monoisotopic (exact) mass is 237 g/mol. The number of rotatable bonds is 2. The molecular weight excluding hydrogens is 219 g/mol. The van der Waals surface area contributed by atoms with Gasteiger partial charge in [-0.1, -0.05) is 6.42 Å². The molecule has 2 unspecified atom stereocenters. The van der Waals surface area contributed by atoms with Crippen LogP contribution >= 0.6 is 0 Å². The number of nitrogens with zero attached hydrogens (tertiary/aromatic N) is 1. The molecule has 94 valence electrons. The van der Waals surface area contributed by atoms with Crippen LogP contribution in [-0.2, 0) is 0 Å². The van der Waals surface area contributed by atoms with Gasteiger partial charge in [-0.05, 0) is 26.2 Å². The summed E-state index contributed by atoms with van der Waals surface area (Å²) < 4.78 is 37.7. The van der Waals surface area contributed by atoms with E-state index in [0.29, 0.717) is 18.8 Å². The lowest BCUT2D eigenvalue weighted by Crippen LogP contribution is -2.40. The van der Waals surface area contributed by atoms with Crippen LogP contribution in [0, 0.1) is 11.8 Å². The fourth-order valence-electron chi connectivity index (χ4n) is 2.20. The number of nitrogens with one attached hydrogen (secondary N) is 1. The van der Waals surface area contributed by atoms with Crippen molar-refractivity contribution in [3.63, 3.8) is 0 Å². The summed E-state index contributed by atoms with van der Waals surface area (Å²) in [5.74, 6) is 4.41. The fraction of sp³-hybridized carbons (Fsp3) is 0.900. The summed E-state index contributed by atoms with van der Waals surface area (Å²) in [6, 6.07) is 0. The molecule has 0 heterocycles. The molecule has 0 saturated heterocycles. The third kappa shape index (κ3) is 3.37. The van der Waals surface area contributed by atoms with Crippen LogP contribution in [-0.4, -0.2) is 18.6 Å². The molecule has 3 N–H and O–H groups in total. The Morgan fingerprint density at radius 3 is 2.62 bits per heavy atom. The molecule has 16 heavy (non-hydrogen) atoms. The van der Waals surface area contributed by atoms with Crippen LogP contribution in [0.5, 0.6) is 0 Å². The standard InChI is InChI=1S/C10H18F3N3/c1-2-15-9(16-14)7-4-3-5-8(6-7)10(11,12)13/h7-8H,2-6,14H2,1H3,(H,15,16). The summed E-state index contributed by atoms with van der Waals surface area (Å²) in [5.41, 5.74) is 2.43. The van der Waals surface area contributed by atoms with Crippen LogP contribution < -0.4 is 11.3 Å². The van der Waals surface area contributed by atoms with E-state index < -0.39 is 12.1 Å².